The second kappa shape index (κ2) is 8.99. The van der Waals surface area contributed by atoms with E-state index in [-0.39, 0.29) is 30.8 Å². The Kier molecular flexibility index (Phi) is 8.11. The Hall–Kier alpha value is -2.05. The van der Waals surface area contributed by atoms with Gasteiger partial charge in [-0.2, -0.15) is 0 Å². The van der Waals surface area contributed by atoms with E-state index in [2.05, 4.69) is 10.6 Å². The van der Waals surface area contributed by atoms with Gasteiger partial charge in [0, 0.05) is 17.7 Å². The molecule has 7 nitrogen and oxygen atoms in total. The lowest BCUT2D eigenvalue weighted by Crippen LogP contribution is -2.47. The van der Waals surface area contributed by atoms with Gasteiger partial charge in [-0.05, 0) is 34.6 Å². The molecule has 0 unspecified atom stereocenters. The van der Waals surface area contributed by atoms with E-state index in [9.17, 15) is 14.4 Å². The Labute approximate surface area is 125 Å². The minimum Gasteiger partial charge on any atom is -0.461 e. The predicted octanol–water partition coefficient (Wildman–Crippen LogP) is 1.14. The molecule has 0 radical (unpaired) electrons. The molecule has 7 heteroatoms. The standard InChI is InChI=1S/C14H24N2O5/c1-10(2)21-12(18)7-6-11(17)20-9-8-15-13(19)16-14(3,4)5/h6-7,10H,8-9H2,1-5H3,(H2,15,16,19)/b7-6+. The summed E-state index contributed by atoms with van der Waals surface area (Å²) in [5, 5.41) is 5.24. The van der Waals surface area contributed by atoms with Crippen molar-refractivity contribution in [2.24, 2.45) is 0 Å². The van der Waals surface area contributed by atoms with E-state index in [0.29, 0.717) is 0 Å². The number of carbonyl (C=O) groups excluding carboxylic acids is 3. The van der Waals surface area contributed by atoms with E-state index >= 15 is 0 Å². The Morgan fingerprint density at radius 3 is 2.19 bits per heavy atom. The van der Waals surface area contributed by atoms with Gasteiger partial charge in [0.15, 0.2) is 0 Å². The highest BCUT2D eigenvalue weighted by Gasteiger charge is 2.12. The highest BCUT2D eigenvalue weighted by atomic mass is 16.5. The van der Waals surface area contributed by atoms with Crippen molar-refractivity contribution >= 4 is 18.0 Å². The highest BCUT2D eigenvalue weighted by Crippen LogP contribution is 1.97. The molecular weight excluding hydrogens is 276 g/mol. The molecule has 0 aliphatic heterocycles. The quantitative estimate of drug-likeness (QED) is 0.436. The van der Waals surface area contributed by atoms with Crippen LogP contribution < -0.4 is 10.6 Å². The summed E-state index contributed by atoms with van der Waals surface area (Å²) >= 11 is 0. The van der Waals surface area contributed by atoms with Crippen LogP contribution in [0.3, 0.4) is 0 Å². The first-order chi connectivity index (χ1) is 9.60. The van der Waals surface area contributed by atoms with Gasteiger partial charge >= 0.3 is 18.0 Å². The summed E-state index contributed by atoms with van der Waals surface area (Å²) in [7, 11) is 0. The van der Waals surface area contributed by atoms with Gasteiger partial charge in [0.2, 0.25) is 0 Å². The summed E-state index contributed by atoms with van der Waals surface area (Å²) in [5.74, 6) is -1.28. The summed E-state index contributed by atoms with van der Waals surface area (Å²) < 4.78 is 9.61. The van der Waals surface area contributed by atoms with Crippen LogP contribution in [0.4, 0.5) is 4.79 Å². The second-order valence-corrected chi connectivity index (χ2v) is 5.62. The predicted molar refractivity (Wildman–Crippen MR) is 77.6 cm³/mol. The average Bonchev–Trinajstić information content (AvgIpc) is 2.29. The number of urea groups is 1. The molecule has 0 fully saturated rings. The Morgan fingerprint density at radius 2 is 1.67 bits per heavy atom. The van der Waals surface area contributed by atoms with Crippen LogP contribution in [0.2, 0.25) is 0 Å². The lowest BCUT2D eigenvalue weighted by atomic mass is 10.1. The molecule has 0 saturated carbocycles. The fraction of sp³-hybridized carbons (Fsp3) is 0.643. The van der Waals surface area contributed by atoms with Crippen LogP contribution >= 0.6 is 0 Å². The normalized spacial score (nSPS) is 11.3. The molecule has 0 bridgehead atoms. The zero-order chi connectivity index (χ0) is 16.5. The third-order valence-corrected chi connectivity index (χ3v) is 1.83. The van der Waals surface area contributed by atoms with Crippen LogP contribution in [0.5, 0.6) is 0 Å². The number of hydrogen-bond acceptors (Lipinski definition) is 5. The van der Waals surface area contributed by atoms with E-state index in [1.807, 2.05) is 20.8 Å². The minimum absolute atomic E-state index is 0.0139. The molecule has 0 saturated heterocycles. The van der Waals surface area contributed by atoms with E-state index in [1.54, 1.807) is 13.8 Å². The molecule has 21 heavy (non-hydrogen) atoms. The van der Waals surface area contributed by atoms with E-state index in [4.69, 9.17) is 9.47 Å². The van der Waals surface area contributed by atoms with Gasteiger partial charge in [0.25, 0.3) is 0 Å². The molecule has 0 aromatic heterocycles. The topological polar surface area (TPSA) is 93.7 Å². The maximum absolute atomic E-state index is 11.4. The molecule has 0 atom stereocenters. The molecule has 0 aromatic rings. The van der Waals surface area contributed by atoms with Crippen LogP contribution in [0.1, 0.15) is 34.6 Å². The van der Waals surface area contributed by atoms with Gasteiger partial charge < -0.3 is 20.1 Å². The molecular formula is C14H24N2O5. The molecule has 2 amide bonds. The third-order valence-electron chi connectivity index (χ3n) is 1.83. The number of esters is 2. The fourth-order valence-corrected chi connectivity index (χ4v) is 1.16. The first-order valence-electron chi connectivity index (χ1n) is 6.71. The van der Waals surface area contributed by atoms with Crippen molar-refractivity contribution in [2.45, 2.75) is 46.3 Å². The second-order valence-electron chi connectivity index (χ2n) is 5.62. The molecule has 0 aromatic carbocycles. The summed E-state index contributed by atoms with van der Waals surface area (Å²) in [4.78, 5) is 33.8. The van der Waals surface area contributed by atoms with Crippen molar-refractivity contribution in [2.75, 3.05) is 13.2 Å². The van der Waals surface area contributed by atoms with Gasteiger partial charge in [-0.25, -0.2) is 14.4 Å². The maximum atomic E-state index is 11.4. The third kappa shape index (κ3) is 12.7. The Balaban J connectivity index is 3.83. The zero-order valence-electron chi connectivity index (χ0n) is 13.2. The lowest BCUT2D eigenvalue weighted by Gasteiger charge is -2.20. The van der Waals surface area contributed by atoms with Gasteiger partial charge in [0.05, 0.1) is 12.6 Å². The summed E-state index contributed by atoms with van der Waals surface area (Å²) in [6.07, 6.45) is 1.74. The number of carbonyl (C=O) groups is 3. The summed E-state index contributed by atoms with van der Waals surface area (Å²) in [5.41, 5.74) is -0.333. The van der Waals surface area contributed by atoms with E-state index < -0.39 is 11.9 Å². The summed E-state index contributed by atoms with van der Waals surface area (Å²) in [6, 6.07) is -0.338. The molecule has 0 aliphatic carbocycles. The fourth-order valence-electron chi connectivity index (χ4n) is 1.16. The Bertz CT molecular complexity index is 397. The van der Waals surface area contributed by atoms with Crippen molar-refractivity contribution in [3.63, 3.8) is 0 Å². The van der Waals surface area contributed by atoms with Crippen molar-refractivity contribution in [3.8, 4) is 0 Å². The number of rotatable bonds is 6. The molecule has 0 heterocycles. The van der Waals surface area contributed by atoms with Crippen molar-refractivity contribution in [1.82, 2.24) is 10.6 Å². The minimum atomic E-state index is -0.672. The number of hydrogen-bond donors (Lipinski definition) is 2. The van der Waals surface area contributed by atoms with Crippen LogP contribution in [-0.2, 0) is 19.1 Å². The molecule has 120 valence electrons. The van der Waals surface area contributed by atoms with Crippen LogP contribution in [0, 0.1) is 0 Å². The summed E-state index contributed by atoms with van der Waals surface area (Å²) in [6.45, 7) is 9.17. The molecule has 2 N–H and O–H groups in total. The van der Waals surface area contributed by atoms with Crippen molar-refractivity contribution in [1.29, 1.82) is 0 Å². The molecule has 0 aliphatic rings. The molecule has 0 rings (SSSR count). The van der Waals surface area contributed by atoms with E-state index in [1.165, 1.54) is 0 Å². The zero-order valence-corrected chi connectivity index (χ0v) is 13.2. The Morgan fingerprint density at radius 1 is 1.10 bits per heavy atom. The number of amides is 2. The van der Waals surface area contributed by atoms with Gasteiger partial charge in [0.1, 0.15) is 6.61 Å². The van der Waals surface area contributed by atoms with Crippen molar-refractivity contribution < 1.29 is 23.9 Å². The smallest absolute Gasteiger partial charge is 0.331 e. The number of ether oxygens (including phenoxy) is 2. The van der Waals surface area contributed by atoms with Gasteiger partial charge in [-0.3, -0.25) is 0 Å². The van der Waals surface area contributed by atoms with E-state index in [0.717, 1.165) is 12.2 Å². The van der Waals surface area contributed by atoms with Crippen LogP contribution in [0.15, 0.2) is 12.2 Å². The maximum Gasteiger partial charge on any atom is 0.331 e. The lowest BCUT2D eigenvalue weighted by molar-refractivity contribution is -0.142. The van der Waals surface area contributed by atoms with Crippen LogP contribution in [-0.4, -0.2) is 42.8 Å². The largest absolute Gasteiger partial charge is 0.461 e. The van der Waals surface area contributed by atoms with Gasteiger partial charge in [-0.15, -0.1) is 0 Å². The molecule has 0 spiro atoms. The van der Waals surface area contributed by atoms with Gasteiger partial charge in [-0.1, -0.05) is 0 Å². The number of nitrogens with one attached hydrogen (secondary N) is 2. The average molecular weight is 300 g/mol. The monoisotopic (exact) mass is 300 g/mol. The SMILES string of the molecule is CC(C)OC(=O)/C=C/C(=O)OCCNC(=O)NC(C)(C)C. The van der Waals surface area contributed by atoms with Crippen molar-refractivity contribution in [3.05, 3.63) is 12.2 Å². The first-order valence-corrected chi connectivity index (χ1v) is 6.71. The van der Waals surface area contributed by atoms with Crippen LogP contribution in [0.25, 0.3) is 0 Å². The highest BCUT2D eigenvalue weighted by molar-refractivity contribution is 5.91. The first kappa shape index (κ1) is 18.9.